The molecule has 0 bridgehead atoms. The van der Waals surface area contributed by atoms with Gasteiger partial charge in [-0.1, -0.05) is 30.6 Å². The zero-order chi connectivity index (χ0) is 23.0. The summed E-state index contributed by atoms with van der Waals surface area (Å²) in [5, 5.41) is 6.31. The number of carbonyl (C=O) groups is 1. The van der Waals surface area contributed by atoms with Crippen LogP contribution in [-0.4, -0.2) is 26.1 Å². The number of rotatable bonds is 10. The first-order valence-electron chi connectivity index (χ1n) is 10.1. The lowest BCUT2D eigenvalue weighted by Crippen LogP contribution is -2.13. The smallest absolute Gasteiger partial charge is 0.263 e. The number of ether oxygens (including phenoxy) is 1. The van der Waals surface area contributed by atoms with Gasteiger partial charge < -0.3 is 14.6 Å². The summed E-state index contributed by atoms with van der Waals surface area (Å²) in [6, 6.07) is 14.8. The van der Waals surface area contributed by atoms with Gasteiger partial charge in [-0.3, -0.25) is 9.52 Å². The van der Waals surface area contributed by atoms with Crippen LogP contribution in [0.3, 0.4) is 0 Å². The summed E-state index contributed by atoms with van der Waals surface area (Å²) >= 11 is 0. The Kier molecular flexibility index (Phi) is 7.67. The Morgan fingerprint density at radius 1 is 1.12 bits per heavy atom. The quantitative estimate of drug-likeness (QED) is 0.341. The van der Waals surface area contributed by atoms with Crippen LogP contribution in [0.15, 0.2) is 70.1 Å². The molecule has 0 aliphatic rings. The Morgan fingerprint density at radius 3 is 2.47 bits per heavy atom. The number of nitrogens with zero attached hydrogens (tertiary/aromatic N) is 1. The van der Waals surface area contributed by atoms with Crippen molar-refractivity contribution in [2.24, 2.45) is 0 Å². The molecule has 3 rings (SSSR count). The Hall–Kier alpha value is -3.59. The van der Waals surface area contributed by atoms with Gasteiger partial charge in [0.1, 0.15) is 11.5 Å². The van der Waals surface area contributed by atoms with Crippen LogP contribution in [0.2, 0.25) is 0 Å². The first kappa shape index (κ1) is 23.1. The molecule has 0 aliphatic heterocycles. The summed E-state index contributed by atoms with van der Waals surface area (Å²) in [6.45, 7) is 4.45. The van der Waals surface area contributed by atoms with Crippen LogP contribution in [0, 0.1) is 6.92 Å². The molecule has 1 aromatic heterocycles. The van der Waals surface area contributed by atoms with Crippen molar-refractivity contribution >= 4 is 33.5 Å². The van der Waals surface area contributed by atoms with Crippen LogP contribution in [0.25, 0.3) is 6.08 Å². The zero-order valence-corrected chi connectivity index (χ0v) is 18.7. The van der Waals surface area contributed by atoms with Crippen LogP contribution in [0.5, 0.6) is 5.75 Å². The van der Waals surface area contributed by atoms with E-state index < -0.39 is 10.0 Å². The maximum Gasteiger partial charge on any atom is 0.263 e. The van der Waals surface area contributed by atoms with Crippen molar-refractivity contribution in [1.82, 2.24) is 5.16 Å². The number of unbranched alkanes of at least 4 members (excludes halogenated alkanes) is 1. The monoisotopic (exact) mass is 455 g/mol. The molecule has 3 aromatic rings. The van der Waals surface area contributed by atoms with E-state index in [4.69, 9.17) is 9.26 Å². The van der Waals surface area contributed by atoms with Gasteiger partial charge in [-0.05, 0) is 61.4 Å². The molecule has 8 nitrogen and oxygen atoms in total. The number of nitrogens with one attached hydrogen (secondary N) is 2. The van der Waals surface area contributed by atoms with Gasteiger partial charge in [-0.2, -0.15) is 0 Å². The fourth-order valence-electron chi connectivity index (χ4n) is 2.69. The minimum atomic E-state index is -3.81. The minimum Gasteiger partial charge on any atom is -0.494 e. The molecule has 0 spiro atoms. The number of aromatic nitrogens is 1. The van der Waals surface area contributed by atoms with Crippen molar-refractivity contribution in [3.63, 3.8) is 0 Å². The Morgan fingerprint density at radius 2 is 1.84 bits per heavy atom. The number of carbonyl (C=O) groups excluding carboxylic acids is 1. The standard InChI is InChI=1S/C23H25N3O5S/c1-3-4-15-30-20-10-5-18(6-11-20)7-14-23(27)24-19-8-12-21(13-9-19)32(28,29)26-22-16-17(2)31-25-22/h5-14,16H,3-4,15H2,1-2H3,(H,24,27)(H,25,26). The van der Waals surface area contributed by atoms with Crippen LogP contribution >= 0.6 is 0 Å². The maximum atomic E-state index is 12.4. The van der Waals surface area contributed by atoms with Gasteiger partial charge in [0.15, 0.2) is 5.82 Å². The van der Waals surface area contributed by atoms with Crippen LogP contribution < -0.4 is 14.8 Å². The number of anilines is 2. The number of aryl methyl sites for hydroxylation is 1. The summed E-state index contributed by atoms with van der Waals surface area (Å²) in [5.74, 6) is 1.05. The Labute approximate surface area is 187 Å². The minimum absolute atomic E-state index is 0.0351. The van der Waals surface area contributed by atoms with Gasteiger partial charge in [-0.25, -0.2) is 8.42 Å². The highest BCUT2D eigenvalue weighted by atomic mass is 32.2. The van der Waals surface area contributed by atoms with E-state index in [-0.39, 0.29) is 16.6 Å². The van der Waals surface area contributed by atoms with Crippen LogP contribution in [-0.2, 0) is 14.8 Å². The van der Waals surface area contributed by atoms with Crippen LogP contribution in [0.4, 0.5) is 11.5 Å². The lowest BCUT2D eigenvalue weighted by atomic mass is 10.2. The predicted octanol–water partition coefficient (Wildman–Crippen LogP) is 4.61. The maximum absolute atomic E-state index is 12.4. The second-order valence-electron chi connectivity index (χ2n) is 7.05. The number of amides is 1. The van der Waals surface area contributed by atoms with Gasteiger partial charge in [0.05, 0.1) is 11.5 Å². The Bertz CT molecular complexity index is 1170. The van der Waals surface area contributed by atoms with Crippen molar-refractivity contribution in [1.29, 1.82) is 0 Å². The number of sulfonamides is 1. The van der Waals surface area contributed by atoms with Gasteiger partial charge in [0.2, 0.25) is 5.91 Å². The van der Waals surface area contributed by atoms with Crippen molar-refractivity contribution in [3.8, 4) is 5.75 Å². The molecule has 0 saturated heterocycles. The van der Waals surface area contributed by atoms with Gasteiger partial charge in [-0.15, -0.1) is 0 Å². The second kappa shape index (κ2) is 10.6. The lowest BCUT2D eigenvalue weighted by molar-refractivity contribution is -0.111. The van der Waals surface area contributed by atoms with E-state index in [9.17, 15) is 13.2 Å². The topological polar surface area (TPSA) is 111 Å². The van der Waals surface area contributed by atoms with Crippen molar-refractivity contribution < 1.29 is 22.5 Å². The third-order valence-corrected chi connectivity index (χ3v) is 5.74. The Balaban J connectivity index is 1.55. The van der Waals surface area contributed by atoms with E-state index in [1.807, 2.05) is 24.3 Å². The van der Waals surface area contributed by atoms with Gasteiger partial charge in [0, 0.05) is 17.8 Å². The molecule has 9 heteroatoms. The average Bonchev–Trinajstić information content (AvgIpc) is 3.17. The molecule has 0 aliphatic carbocycles. The number of benzene rings is 2. The highest BCUT2D eigenvalue weighted by molar-refractivity contribution is 7.92. The third kappa shape index (κ3) is 6.71. The summed E-state index contributed by atoms with van der Waals surface area (Å²) in [6.07, 6.45) is 5.18. The number of hydrogen-bond acceptors (Lipinski definition) is 6. The summed E-state index contributed by atoms with van der Waals surface area (Å²) in [7, 11) is -3.81. The lowest BCUT2D eigenvalue weighted by Gasteiger charge is -2.07. The van der Waals surface area contributed by atoms with E-state index in [1.54, 1.807) is 13.0 Å². The second-order valence-corrected chi connectivity index (χ2v) is 8.73. The molecule has 0 fully saturated rings. The molecule has 0 atom stereocenters. The van der Waals surface area contributed by atoms with E-state index in [1.165, 1.54) is 36.4 Å². The van der Waals surface area contributed by atoms with Crippen molar-refractivity contribution in [3.05, 3.63) is 72.0 Å². The molecule has 2 aromatic carbocycles. The molecule has 0 saturated carbocycles. The zero-order valence-electron chi connectivity index (χ0n) is 17.9. The normalized spacial score (nSPS) is 11.4. The summed E-state index contributed by atoms with van der Waals surface area (Å²) in [4.78, 5) is 12.2. The highest BCUT2D eigenvalue weighted by Crippen LogP contribution is 2.18. The predicted molar refractivity (Wildman–Crippen MR) is 123 cm³/mol. The van der Waals surface area contributed by atoms with E-state index in [0.29, 0.717) is 18.1 Å². The molecular formula is C23H25N3O5S. The molecule has 1 amide bonds. The van der Waals surface area contributed by atoms with E-state index in [2.05, 4.69) is 22.1 Å². The van der Waals surface area contributed by atoms with Crippen LogP contribution in [0.1, 0.15) is 31.1 Å². The summed E-state index contributed by atoms with van der Waals surface area (Å²) in [5.41, 5.74) is 1.33. The molecule has 32 heavy (non-hydrogen) atoms. The fraction of sp³-hybridized carbons (Fsp3) is 0.217. The first-order chi connectivity index (χ1) is 15.4. The van der Waals surface area contributed by atoms with Crippen molar-refractivity contribution in [2.75, 3.05) is 16.6 Å². The molecular weight excluding hydrogens is 430 g/mol. The molecule has 0 radical (unpaired) electrons. The average molecular weight is 456 g/mol. The SMILES string of the molecule is CCCCOc1ccc(C=CC(=O)Nc2ccc(S(=O)(=O)Nc3cc(C)on3)cc2)cc1. The third-order valence-electron chi connectivity index (χ3n) is 4.37. The van der Waals surface area contributed by atoms with Crippen molar-refractivity contribution in [2.45, 2.75) is 31.6 Å². The first-order valence-corrected chi connectivity index (χ1v) is 11.6. The fourth-order valence-corrected chi connectivity index (χ4v) is 3.68. The van der Waals surface area contributed by atoms with Gasteiger partial charge in [0.25, 0.3) is 10.0 Å². The van der Waals surface area contributed by atoms with E-state index in [0.717, 1.165) is 24.2 Å². The van der Waals surface area contributed by atoms with Gasteiger partial charge >= 0.3 is 0 Å². The molecule has 168 valence electrons. The molecule has 1 heterocycles. The largest absolute Gasteiger partial charge is 0.494 e. The number of hydrogen-bond donors (Lipinski definition) is 2. The van der Waals surface area contributed by atoms with E-state index >= 15 is 0 Å². The molecule has 2 N–H and O–H groups in total. The summed E-state index contributed by atoms with van der Waals surface area (Å²) < 4.78 is 37.6. The highest BCUT2D eigenvalue weighted by Gasteiger charge is 2.16. The molecule has 0 unspecified atom stereocenters.